The molecule has 0 aliphatic heterocycles. The Morgan fingerprint density at radius 1 is 1.19 bits per heavy atom. The number of sulfonamides is 1. The van der Waals surface area contributed by atoms with Gasteiger partial charge < -0.3 is 4.57 Å². The van der Waals surface area contributed by atoms with E-state index in [1.54, 1.807) is 17.5 Å². The first-order valence-corrected chi connectivity index (χ1v) is 9.43. The fourth-order valence-electron chi connectivity index (χ4n) is 2.03. The monoisotopic (exact) mass is 338 g/mol. The molecular weight excluding hydrogens is 324 g/mol. The highest BCUT2D eigenvalue weighted by Gasteiger charge is 2.15. The van der Waals surface area contributed by atoms with Gasteiger partial charge in [0.25, 0.3) is 10.0 Å². The molecule has 0 amide bonds. The molecule has 0 radical (unpaired) electrons. The summed E-state index contributed by atoms with van der Waals surface area (Å²) >= 11 is 2.57. The molecule has 1 aromatic carbocycles. The Balaban J connectivity index is 2.26. The Morgan fingerprint density at radius 2 is 1.90 bits per heavy atom. The summed E-state index contributed by atoms with van der Waals surface area (Å²) in [5, 5.41) is 1.74. The van der Waals surface area contributed by atoms with E-state index in [0.29, 0.717) is 4.80 Å². The van der Waals surface area contributed by atoms with Crippen molar-refractivity contribution in [3.05, 3.63) is 45.6 Å². The minimum absolute atomic E-state index is 0.271. The van der Waals surface area contributed by atoms with E-state index in [1.165, 1.54) is 33.8 Å². The molecule has 2 heterocycles. The van der Waals surface area contributed by atoms with Crippen LogP contribution in [0.15, 0.2) is 38.3 Å². The molecule has 21 heavy (non-hydrogen) atoms. The second-order valence-corrected chi connectivity index (χ2v) is 8.63. The Morgan fingerprint density at radius 3 is 2.57 bits per heavy atom. The van der Waals surface area contributed by atoms with Crippen LogP contribution >= 0.6 is 22.7 Å². The van der Waals surface area contributed by atoms with E-state index in [2.05, 4.69) is 16.5 Å². The van der Waals surface area contributed by atoms with Gasteiger partial charge in [0.05, 0.1) is 10.2 Å². The van der Waals surface area contributed by atoms with Crippen molar-refractivity contribution < 1.29 is 8.42 Å². The molecule has 3 aromatic rings. The minimum atomic E-state index is -3.63. The number of thiazole rings is 1. The highest BCUT2D eigenvalue weighted by atomic mass is 32.2. The average Bonchev–Trinajstić information content (AvgIpc) is 3.03. The summed E-state index contributed by atoms with van der Waals surface area (Å²) in [5.74, 6) is 0. The van der Waals surface area contributed by atoms with Gasteiger partial charge in [-0.05, 0) is 48.6 Å². The van der Waals surface area contributed by atoms with Crippen LogP contribution in [0.3, 0.4) is 0 Å². The molecule has 0 N–H and O–H groups in total. The van der Waals surface area contributed by atoms with E-state index in [0.717, 1.165) is 10.2 Å². The van der Waals surface area contributed by atoms with Gasteiger partial charge in [0.15, 0.2) is 0 Å². The van der Waals surface area contributed by atoms with Crippen LogP contribution in [0.25, 0.3) is 10.2 Å². The van der Waals surface area contributed by atoms with Crippen LogP contribution in [0.4, 0.5) is 0 Å². The van der Waals surface area contributed by atoms with Gasteiger partial charge in [0, 0.05) is 7.05 Å². The number of hydrogen-bond acceptors (Lipinski definition) is 4. The zero-order chi connectivity index (χ0) is 15.2. The predicted octanol–water partition coefficient (Wildman–Crippen LogP) is 3.21. The van der Waals surface area contributed by atoms with E-state index in [-0.39, 0.29) is 4.21 Å². The molecule has 0 aliphatic rings. The van der Waals surface area contributed by atoms with Crippen molar-refractivity contribution in [2.24, 2.45) is 11.4 Å². The summed E-state index contributed by atoms with van der Waals surface area (Å²) in [6, 6.07) is 7.43. The molecule has 110 valence electrons. The lowest BCUT2D eigenvalue weighted by Gasteiger charge is -2.00. The van der Waals surface area contributed by atoms with Crippen molar-refractivity contribution in [3.8, 4) is 0 Å². The SMILES string of the molecule is Cc1cc2sc(=NS(=O)(=O)c3cccs3)n(C)c2cc1C. The van der Waals surface area contributed by atoms with Crippen LogP contribution in [-0.2, 0) is 17.1 Å². The van der Waals surface area contributed by atoms with Crippen LogP contribution in [0.2, 0.25) is 0 Å². The normalized spacial score (nSPS) is 13.2. The number of aryl methyl sites for hydroxylation is 3. The van der Waals surface area contributed by atoms with E-state index in [1.807, 2.05) is 25.5 Å². The van der Waals surface area contributed by atoms with Gasteiger partial charge in [-0.25, -0.2) is 0 Å². The maximum atomic E-state index is 12.3. The van der Waals surface area contributed by atoms with Crippen molar-refractivity contribution >= 4 is 42.9 Å². The highest BCUT2D eigenvalue weighted by molar-refractivity contribution is 7.92. The van der Waals surface area contributed by atoms with E-state index < -0.39 is 10.0 Å². The minimum Gasteiger partial charge on any atom is -0.319 e. The maximum Gasteiger partial charge on any atom is 0.294 e. The van der Waals surface area contributed by atoms with Crippen molar-refractivity contribution in [1.82, 2.24) is 4.57 Å². The molecule has 0 atom stereocenters. The topological polar surface area (TPSA) is 51.4 Å². The van der Waals surface area contributed by atoms with Crippen LogP contribution in [0.5, 0.6) is 0 Å². The third-order valence-electron chi connectivity index (χ3n) is 3.37. The number of benzene rings is 1. The number of rotatable bonds is 2. The maximum absolute atomic E-state index is 12.3. The van der Waals surface area contributed by atoms with Gasteiger partial charge in [-0.1, -0.05) is 17.4 Å². The van der Waals surface area contributed by atoms with Gasteiger partial charge in [-0.3, -0.25) is 0 Å². The highest BCUT2D eigenvalue weighted by Crippen LogP contribution is 2.22. The molecule has 4 nitrogen and oxygen atoms in total. The molecule has 2 aromatic heterocycles. The molecule has 0 bridgehead atoms. The van der Waals surface area contributed by atoms with Crippen molar-refractivity contribution in [3.63, 3.8) is 0 Å². The standard InChI is InChI=1S/C14H14N2O2S3/c1-9-7-11-12(8-10(9)2)20-14(16(11)3)15-21(17,18)13-5-4-6-19-13/h4-8H,1-3H3. The number of thiophene rings is 1. The molecule has 0 spiro atoms. The molecule has 0 saturated heterocycles. The second-order valence-electron chi connectivity index (χ2n) is 4.85. The quantitative estimate of drug-likeness (QED) is 0.720. The Kier molecular flexibility index (Phi) is 3.51. The van der Waals surface area contributed by atoms with Crippen LogP contribution in [0, 0.1) is 13.8 Å². The second kappa shape index (κ2) is 5.08. The fraction of sp³-hybridized carbons (Fsp3) is 0.214. The molecule has 0 saturated carbocycles. The van der Waals surface area contributed by atoms with Crippen molar-refractivity contribution in [2.45, 2.75) is 18.1 Å². The van der Waals surface area contributed by atoms with Gasteiger partial charge in [-0.15, -0.1) is 15.7 Å². The Labute approximate surface area is 131 Å². The summed E-state index contributed by atoms with van der Waals surface area (Å²) < 4.78 is 31.7. The first kappa shape index (κ1) is 14.5. The summed E-state index contributed by atoms with van der Waals surface area (Å²) in [6.07, 6.45) is 0. The number of aromatic nitrogens is 1. The third kappa shape index (κ3) is 2.56. The number of fused-ring (bicyclic) bond motifs is 1. The largest absolute Gasteiger partial charge is 0.319 e. The van der Waals surface area contributed by atoms with E-state index in [4.69, 9.17) is 0 Å². The first-order valence-electron chi connectivity index (χ1n) is 6.30. The van der Waals surface area contributed by atoms with Gasteiger partial charge in [0.1, 0.15) is 4.21 Å². The predicted molar refractivity (Wildman–Crippen MR) is 87.3 cm³/mol. The van der Waals surface area contributed by atoms with Crippen molar-refractivity contribution in [1.29, 1.82) is 0 Å². The molecule has 7 heteroatoms. The molecule has 0 unspecified atom stereocenters. The summed E-state index contributed by atoms with van der Waals surface area (Å²) in [6.45, 7) is 4.10. The smallest absolute Gasteiger partial charge is 0.294 e. The van der Waals surface area contributed by atoms with Crippen molar-refractivity contribution in [2.75, 3.05) is 0 Å². The summed E-state index contributed by atoms with van der Waals surface area (Å²) in [7, 11) is -1.78. The van der Waals surface area contributed by atoms with Gasteiger partial charge in [-0.2, -0.15) is 8.42 Å². The van der Waals surface area contributed by atoms with E-state index >= 15 is 0 Å². The summed E-state index contributed by atoms with van der Waals surface area (Å²) in [4.78, 5) is 0.489. The Bertz CT molecular complexity index is 977. The lowest BCUT2D eigenvalue weighted by atomic mass is 10.1. The number of hydrogen-bond donors (Lipinski definition) is 0. The zero-order valence-corrected chi connectivity index (χ0v) is 14.3. The number of nitrogens with zero attached hydrogens (tertiary/aromatic N) is 2. The van der Waals surface area contributed by atoms with Crippen LogP contribution < -0.4 is 4.80 Å². The van der Waals surface area contributed by atoms with Gasteiger partial charge in [0.2, 0.25) is 4.80 Å². The molecule has 0 aliphatic carbocycles. The van der Waals surface area contributed by atoms with E-state index in [9.17, 15) is 8.42 Å². The lowest BCUT2D eigenvalue weighted by Crippen LogP contribution is -2.13. The fourth-order valence-corrected chi connectivity index (χ4v) is 5.32. The first-order chi connectivity index (χ1) is 9.88. The molecular formula is C14H14N2O2S3. The zero-order valence-electron chi connectivity index (χ0n) is 11.8. The molecule has 0 fully saturated rings. The average molecular weight is 338 g/mol. The third-order valence-corrected chi connectivity index (χ3v) is 7.22. The van der Waals surface area contributed by atoms with Crippen LogP contribution in [0.1, 0.15) is 11.1 Å². The van der Waals surface area contributed by atoms with Gasteiger partial charge >= 0.3 is 0 Å². The lowest BCUT2D eigenvalue weighted by molar-refractivity contribution is 0.598. The summed E-state index contributed by atoms with van der Waals surface area (Å²) in [5.41, 5.74) is 3.38. The Hall–Kier alpha value is -1.44. The molecule has 3 rings (SSSR count). The van der Waals surface area contributed by atoms with Crippen LogP contribution in [-0.4, -0.2) is 13.0 Å².